The van der Waals surface area contributed by atoms with Gasteiger partial charge in [-0.1, -0.05) is 24.6 Å². The summed E-state index contributed by atoms with van der Waals surface area (Å²) >= 11 is 6.02. The van der Waals surface area contributed by atoms with Crippen LogP contribution in [-0.4, -0.2) is 41.2 Å². The van der Waals surface area contributed by atoms with Crippen molar-refractivity contribution in [2.75, 3.05) is 11.9 Å². The van der Waals surface area contributed by atoms with Gasteiger partial charge < -0.3 is 10.1 Å². The van der Waals surface area contributed by atoms with E-state index in [4.69, 9.17) is 16.3 Å². The fourth-order valence-electron chi connectivity index (χ4n) is 3.11. The van der Waals surface area contributed by atoms with Gasteiger partial charge in [0.15, 0.2) is 6.61 Å². The van der Waals surface area contributed by atoms with E-state index in [0.717, 1.165) is 0 Å². The Labute approximate surface area is 179 Å². The molecule has 0 fully saturated rings. The number of nitrogens with zero attached hydrogens (tertiary/aromatic N) is 1. The molecule has 0 saturated carbocycles. The lowest BCUT2D eigenvalue weighted by molar-refractivity contribution is -0.119. The Bertz CT molecular complexity index is 1050. The monoisotopic (exact) mass is 428 g/mol. The van der Waals surface area contributed by atoms with Crippen molar-refractivity contribution in [2.24, 2.45) is 0 Å². The summed E-state index contributed by atoms with van der Waals surface area (Å²) in [4.78, 5) is 50.7. The molecule has 0 aliphatic carbocycles. The number of amides is 3. The van der Waals surface area contributed by atoms with Gasteiger partial charge in [0.2, 0.25) is 0 Å². The van der Waals surface area contributed by atoms with Crippen LogP contribution in [0.4, 0.5) is 5.69 Å². The molecule has 2 aromatic carbocycles. The maximum Gasteiger partial charge on any atom is 0.338 e. The molecule has 8 heteroatoms. The van der Waals surface area contributed by atoms with Gasteiger partial charge in [-0.2, -0.15) is 0 Å². The summed E-state index contributed by atoms with van der Waals surface area (Å²) in [6.45, 7) is 4.92. The van der Waals surface area contributed by atoms with E-state index in [0.29, 0.717) is 22.7 Å². The lowest BCUT2D eigenvalue weighted by Gasteiger charge is -2.20. The third kappa shape index (κ3) is 4.07. The fourth-order valence-corrected chi connectivity index (χ4v) is 3.29. The molecule has 0 saturated heterocycles. The molecule has 156 valence electrons. The molecule has 1 N–H and O–H groups in total. The molecule has 0 spiro atoms. The standard InChI is InChI=1S/C22H21ClN2O5/c1-4-12(2)25-20(27)15-9-8-14(10-16(15)21(25)28)22(29)30-11-19(26)24-18-7-5-6-17(23)13(18)3/h5-10,12H,4,11H2,1-3H3,(H,24,26). The van der Waals surface area contributed by atoms with Crippen molar-refractivity contribution in [3.8, 4) is 0 Å². The number of rotatable bonds is 6. The minimum atomic E-state index is -0.766. The summed E-state index contributed by atoms with van der Waals surface area (Å²) < 4.78 is 5.06. The number of hydrogen-bond donors (Lipinski definition) is 1. The Balaban J connectivity index is 1.67. The van der Waals surface area contributed by atoms with Crippen LogP contribution >= 0.6 is 11.6 Å². The topological polar surface area (TPSA) is 92.8 Å². The van der Waals surface area contributed by atoms with Crippen molar-refractivity contribution >= 4 is 41.0 Å². The number of halogens is 1. The van der Waals surface area contributed by atoms with Crippen molar-refractivity contribution in [1.29, 1.82) is 0 Å². The summed E-state index contributed by atoms with van der Waals surface area (Å²) in [5, 5.41) is 3.14. The quantitative estimate of drug-likeness (QED) is 0.557. The van der Waals surface area contributed by atoms with Gasteiger partial charge in [0.05, 0.1) is 16.7 Å². The molecule has 3 rings (SSSR count). The van der Waals surface area contributed by atoms with Crippen LogP contribution in [0, 0.1) is 6.92 Å². The van der Waals surface area contributed by atoms with E-state index in [2.05, 4.69) is 5.32 Å². The van der Waals surface area contributed by atoms with E-state index in [-0.39, 0.29) is 28.6 Å². The van der Waals surface area contributed by atoms with Gasteiger partial charge >= 0.3 is 5.97 Å². The number of imide groups is 1. The molecule has 1 heterocycles. The van der Waals surface area contributed by atoms with Crippen molar-refractivity contribution in [3.63, 3.8) is 0 Å². The van der Waals surface area contributed by atoms with Crippen LogP contribution in [0.1, 0.15) is 56.9 Å². The smallest absolute Gasteiger partial charge is 0.338 e. The zero-order valence-electron chi connectivity index (χ0n) is 16.8. The van der Waals surface area contributed by atoms with Crippen LogP contribution in [0.15, 0.2) is 36.4 Å². The second-order valence-corrected chi connectivity index (χ2v) is 7.44. The van der Waals surface area contributed by atoms with Crippen molar-refractivity contribution in [1.82, 2.24) is 4.90 Å². The van der Waals surface area contributed by atoms with Crippen LogP contribution in [-0.2, 0) is 9.53 Å². The second kappa shape index (κ2) is 8.67. The van der Waals surface area contributed by atoms with Crippen molar-refractivity contribution in [2.45, 2.75) is 33.2 Å². The fraction of sp³-hybridized carbons (Fsp3) is 0.273. The van der Waals surface area contributed by atoms with Crippen LogP contribution < -0.4 is 5.32 Å². The number of benzene rings is 2. The summed E-state index contributed by atoms with van der Waals surface area (Å²) in [6, 6.07) is 9.02. The Hall–Kier alpha value is -3.19. The van der Waals surface area contributed by atoms with E-state index >= 15 is 0 Å². The molecule has 7 nitrogen and oxygen atoms in total. The number of esters is 1. The Morgan fingerprint density at radius 1 is 1.13 bits per heavy atom. The summed E-state index contributed by atoms with van der Waals surface area (Å²) in [5.41, 5.74) is 1.73. The van der Waals surface area contributed by atoms with Gasteiger partial charge in [0.25, 0.3) is 17.7 Å². The van der Waals surface area contributed by atoms with Crippen LogP contribution in [0.5, 0.6) is 0 Å². The number of anilines is 1. The molecule has 3 amide bonds. The first-order valence-electron chi connectivity index (χ1n) is 9.48. The van der Waals surface area contributed by atoms with E-state index in [1.54, 1.807) is 32.0 Å². The zero-order chi connectivity index (χ0) is 22.0. The van der Waals surface area contributed by atoms with Gasteiger partial charge in [0.1, 0.15) is 0 Å². The Kier molecular flexibility index (Phi) is 6.22. The number of nitrogens with one attached hydrogen (secondary N) is 1. The molecule has 2 aromatic rings. The highest BCUT2D eigenvalue weighted by Crippen LogP contribution is 2.27. The molecular weight excluding hydrogens is 408 g/mol. The molecule has 1 aliphatic rings. The number of hydrogen-bond acceptors (Lipinski definition) is 5. The Morgan fingerprint density at radius 3 is 2.53 bits per heavy atom. The van der Waals surface area contributed by atoms with E-state index in [1.165, 1.54) is 23.1 Å². The van der Waals surface area contributed by atoms with Gasteiger partial charge in [-0.25, -0.2) is 4.79 Å². The van der Waals surface area contributed by atoms with Gasteiger partial charge in [-0.05, 0) is 56.2 Å². The highest BCUT2D eigenvalue weighted by Gasteiger charge is 2.38. The summed E-state index contributed by atoms with van der Waals surface area (Å²) in [7, 11) is 0. The largest absolute Gasteiger partial charge is 0.452 e. The first-order valence-corrected chi connectivity index (χ1v) is 9.86. The molecule has 0 radical (unpaired) electrons. The van der Waals surface area contributed by atoms with E-state index in [9.17, 15) is 19.2 Å². The van der Waals surface area contributed by atoms with E-state index < -0.39 is 24.4 Å². The van der Waals surface area contributed by atoms with Gasteiger partial charge in [0, 0.05) is 16.8 Å². The first kappa shape index (κ1) is 21.5. The first-order chi connectivity index (χ1) is 14.2. The number of carbonyl (C=O) groups is 4. The molecular formula is C22H21ClN2O5. The number of fused-ring (bicyclic) bond motifs is 1. The molecule has 30 heavy (non-hydrogen) atoms. The molecule has 0 bridgehead atoms. The van der Waals surface area contributed by atoms with Crippen molar-refractivity contribution < 1.29 is 23.9 Å². The number of ether oxygens (including phenoxy) is 1. The third-order valence-electron chi connectivity index (χ3n) is 5.06. The highest BCUT2D eigenvalue weighted by molar-refractivity contribution is 6.31. The predicted molar refractivity (Wildman–Crippen MR) is 112 cm³/mol. The highest BCUT2D eigenvalue weighted by atomic mass is 35.5. The van der Waals surface area contributed by atoms with Gasteiger partial charge in [-0.3, -0.25) is 19.3 Å². The maximum atomic E-state index is 12.6. The van der Waals surface area contributed by atoms with Crippen LogP contribution in [0.2, 0.25) is 5.02 Å². The summed E-state index contributed by atoms with van der Waals surface area (Å²) in [6.07, 6.45) is 0.627. The van der Waals surface area contributed by atoms with Gasteiger partial charge in [-0.15, -0.1) is 0 Å². The molecule has 1 unspecified atom stereocenters. The molecule has 1 atom stereocenters. The van der Waals surface area contributed by atoms with Crippen LogP contribution in [0.25, 0.3) is 0 Å². The lowest BCUT2D eigenvalue weighted by atomic mass is 10.1. The van der Waals surface area contributed by atoms with Crippen molar-refractivity contribution in [3.05, 3.63) is 63.7 Å². The van der Waals surface area contributed by atoms with Crippen LogP contribution in [0.3, 0.4) is 0 Å². The minimum absolute atomic E-state index is 0.0904. The second-order valence-electron chi connectivity index (χ2n) is 7.03. The number of carbonyl (C=O) groups excluding carboxylic acids is 4. The lowest BCUT2D eigenvalue weighted by Crippen LogP contribution is -2.37. The normalized spacial score (nSPS) is 13.8. The summed E-state index contributed by atoms with van der Waals surface area (Å²) in [5.74, 6) is -2.10. The molecule has 1 aliphatic heterocycles. The third-order valence-corrected chi connectivity index (χ3v) is 5.47. The molecule has 0 aromatic heterocycles. The predicted octanol–water partition coefficient (Wildman–Crippen LogP) is 3.84. The average molecular weight is 429 g/mol. The minimum Gasteiger partial charge on any atom is -0.452 e. The maximum absolute atomic E-state index is 12.6. The SMILES string of the molecule is CCC(C)N1C(=O)c2ccc(C(=O)OCC(=O)Nc3cccc(Cl)c3C)cc2C1=O. The van der Waals surface area contributed by atoms with E-state index in [1.807, 2.05) is 6.92 Å². The average Bonchev–Trinajstić information content (AvgIpc) is 2.99. The zero-order valence-corrected chi connectivity index (χ0v) is 17.6. The Morgan fingerprint density at radius 2 is 1.83 bits per heavy atom.